The molecular weight excluding hydrogens is 711 g/mol. The van der Waals surface area contributed by atoms with Crippen LogP contribution in [0.15, 0.2) is 0 Å². The number of nitrogens with zero attached hydrogens (tertiary/aromatic N) is 1. The number of esters is 2. The zero-order chi connectivity index (χ0) is 41.7. The van der Waals surface area contributed by atoms with Gasteiger partial charge < -0.3 is 23.8 Å². The summed E-state index contributed by atoms with van der Waals surface area (Å²) in [6.45, 7) is 18.3. The fourth-order valence-corrected chi connectivity index (χ4v) is 8.66. The largest absolute Gasteiger partial charge is 0.466 e. The van der Waals surface area contributed by atoms with Gasteiger partial charge in [0.2, 0.25) is 0 Å². The van der Waals surface area contributed by atoms with Crippen LogP contribution in [-0.2, 0) is 28.5 Å². The molecular formula is C50H97NO6. The highest BCUT2D eigenvalue weighted by molar-refractivity contribution is 5.70. The van der Waals surface area contributed by atoms with E-state index in [4.69, 9.17) is 18.9 Å². The Labute approximate surface area is 354 Å². The van der Waals surface area contributed by atoms with E-state index in [2.05, 4.69) is 46.4 Å². The molecule has 1 heterocycles. The molecule has 7 nitrogen and oxygen atoms in total. The number of carbonyl (C=O) groups excluding carboxylic acids is 2. The molecule has 1 rings (SSSR count). The highest BCUT2D eigenvalue weighted by atomic mass is 16.7. The van der Waals surface area contributed by atoms with Gasteiger partial charge in [-0.2, -0.15) is 0 Å². The van der Waals surface area contributed by atoms with Gasteiger partial charge in [0.25, 0.3) is 0 Å². The Kier molecular flexibility index (Phi) is 35.7. The highest BCUT2D eigenvalue weighted by Gasteiger charge is 2.40. The Bertz CT molecular complexity index is 891. The van der Waals surface area contributed by atoms with Gasteiger partial charge in [0.05, 0.1) is 25.9 Å². The predicted molar refractivity (Wildman–Crippen MR) is 241 cm³/mol. The van der Waals surface area contributed by atoms with Crippen molar-refractivity contribution in [3.63, 3.8) is 0 Å². The van der Waals surface area contributed by atoms with Crippen LogP contribution in [0.3, 0.4) is 0 Å². The van der Waals surface area contributed by atoms with Crippen LogP contribution in [0, 0.1) is 11.8 Å². The van der Waals surface area contributed by atoms with Crippen LogP contribution in [-0.4, -0.2) is 68.2 Å². The van der Waals surface area contributed by atoms with Gasteiger partial charge in [0.15, 0.2) is 5.79 Å². The fourth-order valence-electron chi connectivity index (χ4n) is 8.66. The molecule has 2 atom stereocenters. The third kappa shape index (κ3) is 29.7. The van der Waals surface area contributed by atoms with Gasteiger partial charge >= 0.3 is 11.9 Å². The second kappa shape index (κ2) is 37.8. The summed E-state index contributed by atoms with van der Waals surface area (Å²) in [6.07, 6.45) is 36.5. The number of unbranched alkanes of at least 4 members (excludes halogenated alkanes) is 18. The minimum atomic E-state index is -0.437. The van der Waals surface area contributed by atoms with Crippen LogP contribution in [0.4, 0.5) is 0 Å². The van der Waals surface area contributed by atoms with E-state index in [1.165, 1.54) is 116 Å². The zero-order valence-electron chi connectivity index (χ0n) is 39.0. The fraction of sp³-hybridized carbons (Fsp3) is 0.960. The summed E-state index contributed by atoms with van der Waals surface area (Å²) in [5.74, 6) is 0.585. The second-order valence-corrected chi connectivity index (χ2v) is 17.8. The first kappa shape index (κ1) is 53.8. The van der Waals surface area contributed by atoms with E-state index in [0.717, 1.165) is 96.7 Å². The van der Waals surface area contributed by atoms with Crippen molar-refractivity contribution >= 4 is 11.9 Å². The maximum atomic E-state index is 12.6. The molecule has 0 amide bonds. The van der Waals surface area contributed by atoms with E-state index in [0.29, 0.717) is 44.5 Å². The summed E-state index contributed by atoms with van der Waals surface area (Å²) < 4.78 is 24.6. The summed E-state index contributed by atoms with van der Waals surface area (Å²) in [7, 11) is 0. The van der Waals surface area contributed by atoms with Gasteiger partial charge in [-0.3, -0.25) is 9.59 Å². The monoisotopic (exact) mass is 808 g/mol. The molecule has 0 aromatic rings. The average molecular weight is 808 g/mol. The first-order valence-electron chi connectivity index (χ1n) is 25.2. The maximum absolute atomic E-state index is 12.6. The summed E-state index contributed by atoms with van der Waals surface area (Å²) in [5.41, 5.74) is 0. The molecule has 0 aromatic carbocycles. The van der Waals surface area contributed by atoms with E-state index < -0.39 is 5.79 Å². The minimum absolute atomic E-state index is 0.0112. The lowest BCUT2D eigenvalue weighted by molar-refractivity contribution is -0.180. The molecule has 0 N–H and O–H groups in total. The van der Waals surface area contributed by atoms with Crippen molar-refractivity contribution in [2.75, 3.05) is 39.5 Å². The van der Waals surface area contributed by atoms with Gasteiger partial charge in [0.1, 0.15) is 0 Å². The number of ether oxygens (including phenoxy) is 4. The standard InChI is InChI=1S/C50H97NO6/c1-7-13-25-33-45(34-26-14-8-2)41-48(52)54-39-31-23-19-17-18-21-29-37-50(56-44-47(57-50)43-51(11-5)12-6)38-30-22-20-24-32-40-55-49(53)42-46(35-27-15-9-3)36-28-16-10-4/h45-47H,7-44H2,1-6H3. The van der Waals surface area contributed by atoms with Crippen LogP contribution in [0.1, 0.15) is 247 Å². The van der Waals surface area contributed by atoms with Gasteiger partial charge in [-0.15, -0.1) is 0 Å². The molecule has 57 heavy (non-hydrogen) atoms. The third-order valence-electron chi connectivity index (χ3n) is 12.5. The third-order valence-corrected chi connectivity index (χ3v) is 12.5. The molecule has 0 aromatic heterocycles. The molecule has 2 unspecified atom stereocenters. The Hall–Kier alpha value is -1.18. The minimum Gasteiger partial charge on any atom is -0.466 e. The van der Waals surface area contributed by atoms with E-state index in [9.17, 15) is 9.59 Å². The highest BCUT2D eigenvalue weighted by Crippen LogP contribution is 2.35. The van der Waals surface area contributed by atoms with E-state index in [1.54, 1.807) is 0 Å². The van der Waals surface area contributed by atoms with Gasteiger partial charge in [-0.05, 0) is 76.3 Å². The number of carbonyl (C=O) groups is 2. The predicted octanol–water partition coefficient (Wildman–Crippen LogP) is 14.3. The molecule has 0 aliphatic carbocycles. The SMILES string of the molecule is CCCCCC(CCCCC)CC(=O)OCCCCCCCCCC1(CCCCCCCOC(=O)CC(CCCCC)CCCCC)OCC(CN(CC)CC)O1. The summed E-state index contributed by atoms with van der Waals surface area (Å²) in [4.78, 5) is 27.6. The molecule has 338 valence electrons. The zero-order valence-corrected chi connectivity index (χ0v) is 39.0. The first-order valence-corrected chi connectivity index (χ1v) is 25.2. The second-order valence-electron chi connectivity index (χ2n) is 17.8. The topological polar surface area (TPSA) is 74.3 Å². The molecule has 0 bridgehead atoms. The lowest BCUT2D eigenvalue weighted by atomic mass is 9.92. The quantitative estimate of drug-likeness (QED) is 0.0449. The smallest absolute Gasteiger partial charge is 0.306 e. The number of rotatable bonds is 42. The van der Waals surface area contributed by atoms with Crippen LogP contribution >= 0.6 is 0 Å². The van der Waals surface area contributed by atoms with Crippen molar-refractivity contribution in [1.29, 1.82) is 0 Å². The first-order chi connectivity index (χ1) is 27.8. The Balaban J connectivity index is 2.33. The van der Waals surface area contributed by atoms with Crippen molar-refractivity contribution in [2.45, 2.75) is 259 Å². The van der Waals surface area contributed by atoms with Gasteiger partial charge in [-0.1, -0.05) is 170 Å². The lowest BCUT2D eigenvalue weighted by Crippen LogP contribution is -2.36. The van der Waals surface area contributed by atoms with Gasteiger partial charge in [-0.25, -0.2) is 0 Å². The van der Waals surface area contributed by atoms with Crippen molar-refractivity contribution < 1.29 is 28.5 Å². The van der Waals surface area contributed by atoms with Crippen LogP contribution in [0.25, 0.3) is 0 Å². The van der Waals surface area contributed by atoms with Crippen LogP contribution in [0.2, 0.25) is 0 Å². The summed E-state index contributed by atoms with van der Waals surface area (Å²) in [6, 6.07) is 0. The van der Waals surface area contributed by atoms with Crippen LogP contribution < -0.4 is 0 Å². The molecule has 7 heteroatoms. The average Bonchev–Trinajstić information content (AvgIpc) is 3.61. The van der Waals surface area contributed by atoms with Crippen molar-refractivity contribution in [3.8, 4) is 0 Å². The van der Waals surface area contributed by atoms with E-state index in [-0.39, 0.29) is 18.0 Å². The normalized spacial score (nSPS) is 17.0. The maximum Gasteiger partial charge on any atom is 0.306 e. The Morgan fingerprint density at radius 3 is 1.26 bits per heavy atom. The summed E-state index contributed by atoms with van der Waals surface area (Å²) in [5, 5.41) is 0. The molecule has 1 aliphatic rings. The van der Waals surface area contributed by atoms with Crippen molar-refractivity contribution in [3.05, 3.63) is 0 Å². The van der Waals surface area contributed by atoms with Crippen molar-refractivity contribution in [2.24, 2.45) is 11.8 Å². The van der Waals surface area contributed by atoms with Gasteiger partial charge in [0, 0.05) is 32.2 Å². The molecule has 0 saturated carbocycles. The number of likely N-dealkylation sites (N-methyl/N-ethyl adjacent to an activating group) is 1. The molecule has 1 saturated heterocycles. The molecule has 1 aliphatic heterocycles. The number of hydrogen-bond acceptors (Lipinski definition) is 7. The Morgan fingerprint density at radius 1 is 0.526 bits per heavy atom. The van der Waals surface area contributed by atoms with Crippen LogP contribution in [0.5, 0.6) is 0 Å². The number of hydrogen-bond donors (Lipinski definition) is 0. The van der Waals surface area contributed by atoms with Crippen molar-refractivity contribution in [1.82, 2.24) is 4.90 Å². The van der Waals surface area contributed by atoms with E-state index in [1.807, 2.05) is 0 Å². The molecule has 1 fully saturated rings. The summed E-state index contributed by atoms with van der Waals surface area (Å²) >= 11 is 0. The molecule has 0 radical (unpaired) electrons. The van der Waals surface area contributed by atoms with E-state index >= 15 is 0 Å². The lowest BCUT2D eigenvalue weighted by Gasteiger charge is -2.29. The molecule has 0 spiro atoms. The Morgan fingerprint density at radius 2 is 0.895 bits per heavy atom.